The molecule has 2 N–H and O–H groups in total. The summed E-state index contributed by atoms with van der Waals surface area (Å²) in [6, 6.07) is 5.84. The van der Waals surface area contributed by atoms with Gasteiger partial charge in [-0.2, -0.15) is 10.2 Å². The summed E-state index contributed by atoms with van der Waals surface area (Å²) >= 11 is 0. The van der Waals surface area contributed by atoms with E-state index in [0.717, 1.165) is 25.7 Å². The van der Waals surface area contributed by atoms with Crippen molar-refractivity contribution in [2.45, 2.75) is 31.7 Å². The van der Waals surface area contributed by atoms with Crippen molar-refractivity contribution < 1.29 is 8.78 Å². The number of anilines is 3. The Kier molecular flexibility index (Phi) is 5.64. The van der Waals surface area contributed by atoms with Crippen molar-refractivity contribution >= 4 is 28.4 Å². The van der Waals surface area contributed by atoms with Gasteiger partial charge >= 0.3 is 0 Å². The molecule has 0 radical (unpaired) electrons. The third-order valence-corrected chi connectivity index (χ3v) is 6.29. The summed E-state index contributed by atoms with van der Waals surface area (Å²) in [5, 5.41) is 16.0. The Labute approximate surface area is 188 Å². The lowest BCUT2D eigenvalue weighted by Crippen LogP contribution is -2.44. The summed E-state index contributed by atoms with van der Waals surface area (Å²) < 4.78 is 31.2. The number of halogens is 2. The molecule has 1 aliphatic heterocycles. The summed E-state index contributed by atoms with van der Waals surface area (Å²) in [6.07, 6.45) is 5.19. The van der Waals surface area contributed by atoms with Crippen LogP contribution in [-0.2, 0) is 0 Å². The average molecular weight is 451 g/mol. The second-order valence-electron chi connectivity index (χ2n) is 8.41. The first kappa shape index (κ1) is 21.3. The van der Waals surface area contributed by atoms with Gasteiger partial charge in [-0.05, 0) is 31.0 Å². The Morgan fingerprint density at radius 2 is 1.82 bits per heavy atom. The molecule has 10 heteroatoms. The molecule has 0 unspecified atom stereocenters. The highest BCUT2D eigenvalue weighted by molar-refractivity contribution is 5.77. The van der Waals surface area contributed by atoms with E-state index in [4.69, 9.17) is 0 Å². The number of hydrogen-bond donors (Lipinski definition) is 2. The minimum absolute atomic E-state index is 0.0377. The molecular formula is C23H23F2N7O. The molecule has 1 aromatic carbocycles. The first-order valence-corrected chi connectivity index (χ1v) is 11.1. The molecule has 1 aliphatic carbocycles. The van der Waals surface area contributed by atoms with Crippen LogP contribution in [0.25, 0.3) is 11.0 Å². The zero-order valence-electron chi connectivity index (χ0n) is 17.9. The fourth-order valence-electron chi connectivity index (χ4n) is 4.72. The van der Waals surface area contributed by atoms with Crippen molar-refractivity contribution in [3.8, 4) is 6.07 Å². The molecule has 1 saturated heterocycles. The van der Waals surface area contributed by atoms with Gasteiger partial charge in [0.15, 0.2) is 11.6 Å². The lowest BCUT2D eigenvalue weighted by atomic mass is 10.2. The molecule has 0 spiro atoms. The fraction of sp³-hybridized carbons (Fsp3) is 0.391. The SMILES string of the molecule is N#Cc1cc2cnc(Nc3cc(F)c(N4CCNCC4)c(F)c3)nc2n(C2CCCC2)c1=O. The number of hydrogen-bond acceptors (Lipinski definition) is 7. The van der Waals surface area contributed by atoms with Crippen LogP contribution in [0.2, 0.25) is 0 Å². The fourth-order valence-corrected chi connectivity index (χ4v) is 4.72. The second kappa shape index (κ2) is 8.75. The monoisotopic (exact) mass is 451 g/mol. The van der Waals surface area contributed by atoms with Crippen molar-refractivity contribution in [3.63, 3.8) is 0 Å². The summed E-state index contributed by atoms with van der Waals surface area (Å²) in [4.78, 5) is 23.3. The van der Waals surface area contributed by atoms with Crippen LogP contribution in [0.1, 0.15) is 37.3 Å². The first-order chi connectivity index (χ1) is 16.0. The van der Waals surface area contributed by atoms with Gasteiger partial charge in [0.25, 0.3) is 5.56 Å². The second-order valence-corrected chi connectivity index (χ2v) is 8.41. The van der Waals surface area contributed by atoms with E-state index >= 15 is 0 Å². The third-order valence-electron chi connectivity index (χ3n) is 6.29. The van der Waals surface area contributed by atoms with Crippen LogP contribution in [0.5, 0.6) is 0 Å². The molecule has 2 aliphatic rings. The molecule has 0 atom stereocenters. The normalized spacial score (nSPS) is 16.8. The minimum Gasteiger partial charge on any atom is -0.364 e. The van der Waals surface area contributed by atoms with Gasteiger partial charge in [-0.3, -0.25) is 9.36 Å². The van der Waals surface area contributed by atoms with Crippen molar-refractivity contribution in [1.82, 2.24) is 19.9 Å². The molecule has 5 rings (SSSR count). The molecule has 8 nitrogen and oxygen atoms in total. The van der Waals surface area contributed by atoms with Crippen LogP contribution < -0.4 is 21.1 Å². The van der Waals surface area contributed by atoms with Gasteiger partial charge < -0.3 is 15.5 Å². The van der Waals surface area contributed by atoms with Crippen molar-refractivity contribution in [1.29, 1.82) is 5.26 Å². The number of nitrogens with zero attached hydrogens (tertiary/aromatic N) is 5. The maximum Gasteiger partial charge on any atom is 0.270 e. The van der Waals surface area contributed by atoms with Crippen molar-refractivity contribution in [3.05, 3.63) is 51.9 Å². The Morgan fingerprint density at radius 3 is 2.48 bits per heavy atom. The Balaban J connectivity index is 1.51. The van der Waals surface area contributed by atoms with Crippen molar-refractivity contribution in [2.75, 3.05) is 36.4 Å². The number of fused-ring (bicyclic) bond motifs is 1. The number of rotatable bonds is 4. The van der Waals surface area contributed by atoms with Crippen LogP contribution >= 0.6 is 0 Å². The van der Waals surface area contributed by atoms with Gasteiger partial charge in [-0.15, -0.1) is 0 Å². The van der Waals surface area contributed by atoms with Gasteiger partial charge in [0.2, 0.25) is 5.95 Å². The molecule has 170 valence electrons. The van der Waals surface area contributed by atoms with Crippen LogP contribution in [0.4, 0.5) is 26.1 Å². The number of nitrogens with one attached hydrogen (secondary N) is 2. The number of piperazine rings is 1. The lowest BCUT2D eigenvalue weighted by Gasteiger charge is -2.30. The van der Waals surface area contributed by atoms with Gasteiger partial charge in [-0.25, -0.2) is 13.8 Å². The van der Waals surface area contributed by atoms with E-state index in [1.54, 1.807) is 9.47 Å². The molecule has 0 amide bonds. The van der Waals surface area contributed by atoms with E-state index in [9.17, 15) is 18.8 Å². The molecule has 0 bridgehead atoms. The van der Waals surface area contributed by atoms with E-state index in [-0.39, 0.29) is 34.5 Å². The Hall–Kier alpha value is -3.58. The number of nitriles is 1. The number of pyridine rings is 1. The molecule has 33 heavy (non-hydrogen) atoms. The molecule has 1 saturated carbocycles. The quantitative estimate of drug-likeness (QED) is 0.628. The van der Waals surface area contributed by atoms with Gasteiger partial charge in [-0.1, -0.05) is 12.8 Å². The highest BCUT2D eigenvalue weighted by Gasteiger charge is 2.23. The predicted molar refractivity (Wildman–Crippen MR) is 121 cm³/mol. The summed E-state index contributed by atoms with van der Waals surface area (Å²) in [5.74, 6) is -1.21. The van der Waals surface area contributed by atoms with Crippen LogP contribution in [0, 0.1) is 23.0 Å². The van der Waals surface area contributed by atoms with E-state index in [2.05, 4.69) is 20.6 Å². The number of aromatic nitrogens is 3. The van der Waals surface area contributed by atoms with Crippen LogP contribution in [-0.4, -0.2) is 40.7 Å². The van der Waals surface area contributed by atoms with Gasteiger partial charge in [0.05, 0.1) is 0 Å². The maximum absolute atomic E-state index is 14.8. The molecule has 3 aromatic rings. The Bertz CT molecular complexity index is 1280. The van der Waals surface area contributed by atoms with Gasteiger partial charge in [0.1, 0.15) is 23.0 Å². The smallest absolute Gasteiger partial charge is 0.270 e. The van der Waals surface area contributed by atoms with Crippen LogP contribution in [0.3, 0.4) is 0 Å². The van der Waals surface area contributed by atoms with E-state index in [1.807, 2.05) is 6.07 Å². The minimum atomic E-state index is -0.665. The number of benzene rings is 1. The van der Waals surface area contributed by atoms with E-state index < -0.39 is 11.6 Å². The third kappa shape index (κ3) is 4.00. The largest absolute Gasteiger partial charge is 0.364 e. The summed E-state index contributed by atoms with van der Waals surface area (Å²) in [7, 11) is 0. The zero-order valence-corrected chi connectivity index (χ0v) is 17.9. The highest BCUT2D eigenvalue weighted by atomic mass is 19.1. The zero-order chi connectivity index (χ0) is 22.9. The topological polar surface area (TPSA) is 98.9 Å². The predicted octanol–water partition coefficient (Wildman–Crippen LogP) is 3.21. The standard InChI is InChI=1S/C23H23F2N7O/c24-18-10-16(11-19(25)20(18)31-7-5-27-6-8-31)29-23-28-13-15-9-14(12-26)22(33)32(21(15)30-23)17-3-1-2-4-17/h9-11,13,17,27H,1-8H2,(H,28,29,30). The first-order valence-electron chi connectivity index (χ1n) is 11.1. The van der Waals surface area contributed by atoms with Crippen molar-refractivity contribution in [2.24, 2.45) is 0 Å². The lowest BCUT2D eigenvalue weighted by molar-refractivity contribution is 0.515. The molecular weight excluding hydrogens is 428 g/mol. The van der Waals surface area contributed by atoms with E-state index in [0.29, 0.717) is 37.2 Å². The molecule has 2 aromatic heterocycles. The van der Waals surface area contributed by atoms with E-state index in [1.165, 1.54) is 24.4 Å². The summed E-state index contributed by atoms with van der Waals surface area (Å²) in [6.45, 7) is 2.38. The molecule has 2 fully saturated rings. The summed E-state index contributed by atoms with van der Waals surface area (Å²) in [5.41, 5.74) is 0.208. The van der Waals surface area contributed by atoms with Gasteiger partial charge in [0, 0.05) is 49.5 Å². The Morgan fingerprint density at radius 1 is 1.12 bits per heavy atom. The highest BCUT2D eigenvalue weighted by Crippen LogP contribution is 2.31. The molecule has 3 heterocycles. The maximum atomic E-state index is 14.8. The average Bonchev–Trinajstić information content (AvgIpc) is 3.33. The van der Waals surface area contributed by atoms with Crippen LogP contribution in [0.15, 0.2) is 29.2 Å².